The monoisotopic (exact) mass is 383 g/mol. The quantitative estimate of drug-likeness (QED) is 0.750. The van der Waals surface area contributed by atoms with Gasteiger partial charge < -0.3 is 4.74 Å². The Morgan fingerprint density at radius 2 is 2.17 bits per heavy atom. The number of benzene rings is 1. The minimum absolute atomic E-state index is 0.156. The van der Waals surface area contributed by atoms with Gasteiger partial charge in [-0.2, -0.15) is 4.98 Å². The van der Waals surface area contributed by atoms with Crippen LogP contribution in [-0.4, -0.2) is 27.1 Å². The Balaban J connectivity index is 1.79. The molecule has 126 valence electrons. The van der Waals surface area contributed by atoms with E-state index in [0.717, 1.165) is 29.9 Å². The summed E-state index contributed by atoms with van der Waals surface area (Å²) in [7, 11) is 1.62. The lowest BCUT2D eigenvalue weighted by Crippen LogP contribution is -2.15. The van der Waals surface area contributed by atoms with Gasteiger partial charge in [-0.05, 0) is 48.1 Å². The first kappa shape index (κ1) is 17.2. The highest BCUT2D eigenvalue weighted by Crippen LogP contribution is 2.26. The van der Waals surface area contributed by atoms with Crippen molar-refractivity contribution in [2.75, 3.05) is 7.11 Å². The Hall–Kier alpha value is -1.63. The molecule has 1 aromatic heterocycles. The second-order valence-electron chi connectivity index (χ2n) is 5.29. The third-order valence-corrected chi connectivity index (χ3v) is 5.37. The maximum atomic E-state index is 12.0. The molecule has 0 saturated carbocycles. The summed E-state index contributed by atoms with van der Waals surface area (Å²) in [6.07, 6.45) is 3.20. The van der Waals surface area contributed by atoms with Gasteiger partial charge in [0.15, 0.2) is 0 Å². The summed E-state index contributed by atoms with van der Waals surface area (Å²) in [4.78, 5) is 20.4. The predicted octanol–water partition coefficient (Wildman–Crippen LogP) is 3.96. The van der Waals surface area contributed by atoms with Gasteiger partial charge in [0.25, 0.3) is 0 Å². The number of methoxy groups -OCH3 is 1. The molecule has 1 unspecified atom stereocenters. The van der Waals surface area contributed by atoms with Crippen molar-refractivity contribution >= 4 is 45.6 Å². The fourth-order valence-electron chi connectivity index (χ4n) is 2.28. The van der Waals surface area contributed by atoms with Crippen LogP contribution in [0.4, 0.5) is 5.13 Å². The smallest absolute Gasteiger partial charge is 0.360 e. The standard InChI is InChI=1S/C16H15Cl2N3O2S/c1-23-12-5-2-10(3-6-12)9-21-16(22)20-15(24-21)19-11-4-7-13(17)14(18)8-11/h2-3,5-6,8,13H,4,7,9H2,1H3. The van der Waals surface area contributed by atoms with E-state index in [2.05, 4.69) is 9.98 Å². The number of rotatable bonds is 4. The lowest BCUT2D eigenvalue weighted by Gasteiger charge is -2.14. The zero-order valence-electron chi connectivity index (χ0n) is 12.9. The minimum Gasteiger partial charge on any atom is -0.497 e. The zero-order valence-corrected chi connectivity index (χ0v) is 15.2. The highest BCUT2D eigenvalue weighted by Gasteiger charge is 2.17. The molecular weight excluding hydrogens is 369 g/mol. The van der Waals surface area contributed by atoms with E-state index in [-0.39, 0.29) is 11.1 Å². The summed E-state index contributed by atoms with van der Waals surface area (Å²) in [5.74, 6) is 0.779. The van der Waals surface area contributed by atoms with Crippen LogP contribution in [0.2, 0.25) is 0 Å². The van der Waals surface area contributed by atoms with Gasteiger partial charge in [0.2, 0.25) is 5.13 Å². The van der Waals surface area contributed by atoms with E-state index >= 15 is 0 Å². The van der Waals surface area contributed by atoms with E-state index in [1.54, 1.807) is 17.1 Å². The molecule has 0 spiro atoms. The molecule has 1 aromatic carbocycles. The van der Waals surface area contributed by atoms with Gasteiger partial charge in [0.05, 0.1) is 19.0 Å². The van der Waals surface area contributed by atoms with Crippen LogP contribution in [0, 0.1) is 0 Å². The normalized spacial score (nSPS) is 19.4. The van der Waals surface area contributed by atoms with Crippen LogP contribution in [-0.2, 0) is 6.54 Å². The first-order chi connectivity index (χ1) is 11.5. The molecule has 1 aliphatic carbocycles. The number of halogens is 2. The second kappa shape index (κ2) is 7.51. The molecule has 0 fully saturated rings. The van der Waals surface area contributed by atoms with Crippen molar-refractivity contribution in [3.05, 3.63) is 51.4 Å². The molecule has 5 nitrogen and oxygen atoms in total. The molecule has 1 aliphatic rings. The lowest BCUT2D eigenvalue weighted by molar-refractivity contribution is 0.414. The first-order valence-corrected chi connectivity index (χ1v) is 8.94. The van der Waals surface area contributed by atoms with Gasteiger partial charge in [-0.1, -0.05) is 23.7 Å². The van der Waals surface area contributed by atoms with Crippen LogP contribution in [0.25, 0.3) is 0 Å². The Labute approximate surface area is 153 Å². The Morgan fingerprint density at radius 1 is 1.42 bits per heavy atom. The maximum Gasteiger partial charge on any atom is 0.360 e. The molecule has 3 rings (SSSR count). The summed E-state index contributed by atoms with van der Waals surface area (Å²) in [6, 6.07) is 7.56. The minimum atomic E-state index is -0.309. The van der Waals surface area contributed by atoms with E-state index in [9.17, 15) is 4.79 Å². The predicted molar refractivity (Wildman–Crippen MR) is 98.4 cm³/mol. The molecule has 0 saturated heterocycles. The first-order valence-electron chi connectivity index (χ1n) is 7.35. The molecule has 0 N–H and O–H groups in total. The van der Waals surface area contributed by atoms with Crippen molar-refractivity contribution in [1.82, 2.24) is 8.94 Å². The van der Waals surface area contributed by atoms with Crippen LogP contribution in [0.5, 0.6) is 5.75 Å². The fourth-order valence-corrected chi connectivity index (χ4v) is 3.50. The topological polar surface area (TPSA) is 56.5 Å². The number of nitrogens with zero attached hydrogens (tertiary/aromatic N) is 3. The molecule has 24 heavy (non-hydrogen) atoms. The average Bonchev–Trinajstić information content (AvgIpc) is 2.91. The van der Waals surface area contributed by atoms with E-state index in [4.69, 9.17) is 27.9 Å². The highest BCUT2D eigenvalue weighted by molar-refractivity contribution is 7.10. The molecule has 2 aromatic rings. The summed E-state index contributed by atoms with van der Waals surface area (Å²) in [5.41, 5.74) is 1.48. The third kappa shape index (κ3) is 4.06. The molecule has 1 heterocycles. The van der Waals surface area contributed by atoms with Crippen LogP contribution in [0.15, 0.2) is 45.2 Å². The number of hydrogen-bond acceptors (Lipinski definition) is 5. The molecular formula is C16H15Cl2N3O2S. The molecule has 0 radical (unpaired) electrons. The maximum absolute atomic E-state index is 12.0. The number of allylic oxidation sites excluding steroid dienone is 2. The van der Waals surface area contributed by atoms with Crippen molar-refractivity contribution in [2.24, 2.45) is 4.99 Å². The van der Waals surface area contributed by atoms with Crippen LogP contribution in [0.3, 0.4) is 0 Å². The van der Waals surface area contributed by atoms with E-state index in [1.807, 2.05) is 24.3 Å². The number of hydrogen-bond donors (Lipinski definition) is 0. The largest absolute Gasteiger partial charge is 0.497 e. The average molecular weight is 384 g/mol. The van der Waals surface area contributed by atoms with Gasteiger partial charge in [-0.15, -0.1) is 11.6 Å². The van der Waals surface area contributed by atoms with Crippen LogP contribution >= 0.6 is 34.7 Å². The Bertz CT molecular complexity index is 840. The van der Waals surface area contributed by atoms with Crippen molar-refractivity contribution in [3.63, 3.8) is 0 Å². The highest BCUT2D eigenvalue weighted by atomic mass is 35.5. The van der Waals surface area contributed by atoms with Crippen molar-refractivity contribution in [1.29, 1.82) is 0 Å². The number of ether oxygens (including phenoxy) is 1. The van der Waals surface area contributed by atoms with Crippen molar-refractivity contribution in [2.45, 2.75) is 24.8 Å². The van der Waals surface area contributed by atoms with E-state index in [1.165, 1.54) is 11.5 Å². The van der Waals surface area contributed by atoms with E-state index in [0.29, 0.717) is 16.7 Å². The second-order valence-corrected chi connectivity index (χ2v) is 7.24. The van der Waals surface area contributed by atoms with Gasteiger partial charge in [0, 0.05) is 10.7 Å². The summed E-state index contributed by atoms with van der Waals surface area (Å²) >= 11 is 13.3. The Morgan fingerprint density at radius 3 is 2.83 bits per heavy atom. The summed E-state index contributed by atoms with van der Waals surface area (Å²) in [6.45, 7) is 0.450. The lowest BCUT2D eigenvalue weighted by atomic mass is 10.1. The van der Waals surface area contributed by atoms with Crippen molar-refractivity contribution < 1.29 is 4.74 Å². The van der Waals surface area contributed by atoms with E-state index < -0.39 is 0 Å². The van der Waals surface area contributed by atoms with Crippen LogP contribution in [0.1, 0.15) is 18.4 Å². The zero-order chi connectivity index (χ0) is 17.1. The number of alkyl halides is 1. The molecule has 0 bridgehead atoms. The molecule has 1 atom stereocenters. The van der Waals surface area contributed by atoms with Gasteiger partial charge in [0.1, 0.15) is 5.75 Å². The van der Waals surface area contributed by atoms with Gasteiger partial charge in [-0.25, -0.2) is 13.7 Å². The van der Waals surface area contributed by atoms with Crippen LogP contribution < -0.4 is 10.4 Å². The molecule has 8 heteroatoms. The Kier molecular flexibility index (Phi) is 5.38. The SMILES string of the molecule is COc1ccc(Cn2sc(N=C3C=C(Cl)C(Cl)CC3)nc2=O)cc1. The van der Waals surface area contributed by atoms with Gasteiger partial charge >= 0.3 is 5.69 Å². The molecule has 0 amide bonds. The fraction of sp³-hybridized carbons (Fsp3) is 0.312. The summed E-state index contributed by atoms with van der Waals surface area (Å²) < 4.78 is 6.70. The summed E-state index contributed by atoms with van der Waals surface area (Å²) in [5, 5.41) is 0.848. The van der Waals surface area contributed by atoms with Gasteiger partial charge in [-0.3, -0.25) is 0 Å². The number of aromatic nitrogens is 2. The molecule has 0 aliphatic heterocycles. The third-order valence-electron chi connectivity index (χ3n) is 3.58. The van der Waals surface area contributed by atoms with Crippen molar-refractivity contribution in [3.8, 4) is 5.75 Å². The number of aliphatic imine (C=N–C) groups is 1.